The van der Waals surface area contributed by atoms with Crippen molar-refractivity contribution in [3.8, 4) is 0 Å². The molecule has 2 aromatic rings. The normalized spacial score (nSPS) is 10.5. The molecule has 2 rings (SSSR count). The van der Waals surface area contributed by atoms with Crippen molar-refractivity contribution in [2.45, 2.75) is 0 Å². The van der Waals surface area contributed by atoms with Crippen molar-refractivity contribution < 1.29 is 9.85 Å². The van der Waals surface area contributed by atoms with Gasteiger partial charge in [0.2, 0.25) is 0 Å². The topological polar surface area (TPSA) is 111 Å². The van der Waals surface area contributed by atoms with Gasteiger partial charge >= 0.3 is 0 Å². The molecule has 0 bridgehead atoms. The first-order valence-electron chi connectivity index (χ1n) is 5.84. The van der Waals surface area contributed by atoms with Gasteiger partial charge in [0.25, 0.3) is 11.4 Å². The quantitative estimate of drug-likeness (QED) is 0.516. The van der Waals surface area contributed by atoms with Gasteiger partial charge in [0.15, 0.2) is 0 Å². The second-order valence-corrected chi connectivity index (χ2v) is 4.03. The Bertz CT molecular complexity index is 698. The Kier molecular flexibility index (Phi) is 4.20. The molecule has 0 saturated carbocycles. The SMILES string of the molecule is O=[N+]([O-])c1ccc(C=NNc2cccc([N+](=O)[O-])c2)cc1. The van der Waals surface area contributed by atoms with Gasteiger partial charge in [0.05, 0.1) is 21.7 Å². The Balaban J connectivity index is 2.03. The molecule has 8 heteroatoms. The molecule has 0 spiro atoms. The first-order chi connectivity index (χ1) is 10.1. The first kappa shape index (κ1) is 14.1. The third-order valence-electron chi connectivity index (χ3n) is 2.57. The van der Waals surface area contributed by atoms with Gasteiger partial charge in [-0.2, -0.15) is 5.10 Å². The minimum atomic E-state index is -0.495. The van der Waals surface area contributed by atoms with Gasteiger partial charge in [0.1, 0.15) is 0 Å². The predicted octanol–water partition coefficient (Wildman–Crippen LogP) is 2.95. The summed E-state index contributed by atoms with van der Waals surface area (Å²) in [6.45, 7) is 0. The molecule has 0 fully saturated rings. The van der Waals surface area contributed by atoms with Gasteiger partial charge in [0, 0.05) is 24.3 Å². The molecule has 106 valence electrons. The van der Waals surface area contributed by atoms with E-state index in [1.807, 2.05) is 0 Å². The maximum absolute atomic E-state index is 10.6. The lowest BCUT2D eigenvalue weighted by Gasteiger charge is -1.99. The van der Waals surface area contributed by atoms with E-state index in [1.165, 1.54) is 30.5 Å². The van der Waals surface area contributed by atoms with Crippen LogP contribution in [0.2, 0.25) is 0 Å². The number of non-ortho nitro benzene ring substituents is 2. The fourth-order valence-electron chi connectivity index (χ4n) is 1.55. The lowest BCUT2D eigenvalue weighted by Crippen LogP contribution is -1.93. The molecule has 0 aliphatic rings. The van der Waals surface area contributed by atoms with Crippen LogP contribution < -0.4 is 5.43 Å². The summed E-state index contributed by atoms with van der Waals surface area (Å²) in [7, 11) is 0. The highest BCUT2D eigenvalue weighted by Gasteiger charge is 2.05. The molecule has 0 saturated heterocycles. The summed E-state index contributed by atoms with van der Waals surface area (Å²) in [5.74, 6) is 0. The summed E-state index contributed by atoms with van der Waals surface area (Å²) in [4.78, 5) is 20.1. The highest BCUT2D eigenvalue weighted by atomic mass is 16.6. The van der Waals surface area contributed by atoms with Gasteiger partial charge in [-0.3, -0.25) is 25.7 Å². The zero-order chi connectivity index (χ0) is 15.2. The first-order valence-corrected chi connectivity index (χ1v) is 5.84. The summed E-state index contributed by atoms with van der Waals surface area (Å²) in [6, 6.07) is 11.8. The lowest BCUT2D eigenvalue weighted by atomic mass is 10.2. The van der Waals surface area contributed by atoms with Crippen molar-refractivity contribution in [2.24, 2.45) is 5.10 Å². The average molecular weight is 286 g/mol. The minimum absolute atomic E-state index is 0.00112. The Morgan fingerprint density at radius 2 is 1.62 bits per heavy atom. The molecule has 0 aliphatic heterocycles. The van der Waals surface area contributed by atoms with Crippen molar-refractivity contribution in [2.75, 3.05) is 5.43 Å². The van der Waals surface area contributed by atoms with Crippen LogP contribution in [0.1, 0.15) is 5.56 Å². The van der Waals surface area contributed by atoms with E-state index < -0.39 is 9.85 Å². The van der Waals surface area contributed by atoms with E-state index in [-0.39, 0.29) is 11.4 Å². The van der Waals surface area contributed by atoms with Crippen molar-refractivity contribution in [1.29, 1.82) is 0 Å². The molecule has 0 amide bonds. The van der Waals surface area contributed by atoms with Gasteiger partial charge in [-0.05, 0) is 23.8 Å². The molecular formula is C13H10N4O4. The van der Waals surface area contributed by atoms with E-state index in [4.69, 9.17) is 0 Å². The van der Waals surface area contributed by atoms with E-state index in [0.717, 1.165) is 0 Å². The summed E-state index contributed by atoms with van der Waals surface area (Å²) in [5.41, 5.74) is 3.76. The van der Waals surface area contributed by atoms with Crippen molar-refractivity contribution in [1.82, 2.24) is 0 Å². The fourth-order valence-corrected chi connectivity index (χ4v) is 1.55. The summed E-state index contributed by atoms with van der Waals surface area (Å²) in [6.07, 6.45) is 1.46. The van der Waals surface area contributed by atoms with Crippen LogP contribution in [0.15, 0.2) is 53.6 Å². The summed E-state index contributed by atoms with van der Waals surface area (Å²) < 4.78 is 0. The molecule has 0 unspecified atom stereocenters. The molecule has 1 N–H and O–H groups in total. The molecule has 0 heterocycles. The van der Waals surface area contributed by atoms with E-state index in [2.05, 4.69) is 10.5 Å². The van der Waals surface area contributed by atoms with Gasteiger partial charge in [-0.15, -0.1) is 0 Å². The van der Waals surface area contributed by atoms with Crippen LogP contribution in [0, 0.1) is 20.2 Å². The summed E-state index contributed by atoms with van der Waals surface area (Å²) >= 11 is 0. The highest BCUT2D eigenvalue weighted by molar-refractivity contribution is 5.80. The number of nitrogens with one attached hydrogen (secondary N) is 1. The number of hydrogen-bond acceptors (Lipinski definition) is 6. The number of nitro benzene ring substituents is 2. The van der Waals surface area contributed by atoms with Crippen LogP contribution in [-0.4, -0.2) is 16.1 Å². The average Bonchev–Trinajstić information content (AvgIpc) is 2.48. The number of anilines is 1. The standard InChI is InChI=1S/C13H10N4O4/c18-16(19)12-6-4-10(5-7-12)9-14-15-11-2-1-3-13(8-11)17(20)21/h1-9,15H. The van der Waals surface area contributed by atoms with Crippen molar-refractivity contribution >= 4 is 23.3 Å². The Morgan fingerprint density at radius 3 is 2.24 bits per heavy atom. The minimum Gasteiger partial charge on any atom is -0.278 e. The molecule has 21 heavy (non-hydrogen) atoms. The smallest absolute Gasteiger partial charge is 0.271 e. The van der Waals surface area contributed by atoms with Crippen LogP contribution in [-0.2, 0) is 0 Å². The van der Waals surface area contributed by atoms with Crippen molar-refractivity contribution in [3.63, 3.8) is 0 Å². The second kappa shape index (κ2) is 6.24. The molecule has 0 aromatic heterocycles. The molecular weight excluding hydrogens is 276 g/mol. The third kappa shape index (κ3) is 3.83. The fraction of sp³-hybridized carbons (Fsp3) is 0. The van der Waals surface area contributed by atoms with Crippen LogP contribution in [0.4, 0.5) is 17.1 Å². The zero-order valence-electron chi connectivity index (χ0n) is 10.7. The Labute approximate surface area is 119 Å². The number of hydrazone groups is 1. The van der Waals surface area contributed by atoms with E-state index in [1.54, 1.807) is 24.3 Å². The maximum atomic E-state index is 10.6. The van der Waals surface area contributed by atoms with Crippen LogP contribution in [0.5, 0.6) is 0 Å². The number of nitro groups is 2. The molecule has 0 atom stereocenters. The molecule has 0 aliphatic carbocycles. The second-order valence-electron chi connectivity index (χ2n) is 4.03. The Morgan fingerprint density at radius 1 is 0.952 bits per heavy atom. The van der Waals surface area contributed by atoms with Crippen LogP contribution in [0.3, 0.4) is 0 Å². The predicted molar refractivity (Wildman–Crippen MR) is 77.4 cm³/mol. The lowest BCUT2D eigenvalue weighted by molar-refractivity contribution is -0.385. The van der Waals surface area contributed by atoms with Gasteiger partial charge in [-0.1, -0.05) is 6.07 Å². The highest BCUT2D eigenvalue weighted by Crippen LogP contribution is 2.17. The summed E-state index contributed by atoms with van der Waals surface area (Å²) in [5, 5.41) is 25.0. The molecule has 0 radical (unpaired) electrons. The molecule has 2 aromatic carbocycles. The van der Waals surface area contributed by atoms with E-state index >= 15 is 0 Å². The van der Waals surface area contributed by atoms with E-state index in [0.29, 0.717) is 11.3 Å². The number of nitrogens with zero attached hydrogens (tertiary/aromatic N) is 3. The Hall–Kier alpha value is -3.29. The van der Waals surface area contributed by atoms with E-state index in [9.17, 15) is 20.2 Å². The van der Waals surface area contributed by atoms with Crippen molar-refractivity contribution in [3.05, 3.63) is 74.3 Å². The third-order valence-corrected chi connectivity index (χ3v) is 2.57. The largest absolute Gasteiger partial charge is 0.278 e. The number of benzene rings is 2. The zero-order valence-corrected chi connectivity index (χ0v) is 10.7. The van der Waals surface area contributed by atoms with Gasteiger partial charge < -0.3 is 0 Å². The monoisotopic (exact) mass is 286 g/mol. The maximum Gasteiger partial charge on any atom is 0.271 e. The van der Waals surface area contributed by atoms with Gasteiger partial charge in [-0.25, -0.2) is 0 Å². The number of rotatable bonds is 5. The van der Waals surface area contributed by atoms with Crippen LogP contribution in [0.25, 0.3) is 0 Å². The number of hydrogen-bond donors (Lipinski definition) is 1. The molecule has 8 nitrogen and oxygen atoms in total. The van der Waals surface area contributed by atoms with Crippen LogP contribution >= 0.6 is 0 Å².